The Morgan fingerprint density at radius 3 is 2.54 bits per heavy atom. The summed E-state index contributed by atoms with van der Waals surface area (Å²) >= 11 is 0. The van der Waals surface area contributed by atoms with E-state index in [0.717, 1.165) is 18.4 Å². The number of carbonyl (C=O) groups excluding carboxylic acids is 3. The van der Waals surface area contributed by atoms with Gasteiger partial charge in [0.1, 0.15) is 12.1 Å². The molecule has 1 unspecified atom stereocenters. The largest absolute Gasteiger partial charge is 0.361 e. The van der Waals surface area contributed by atoms with Crippen molar-refractivity contribution in [1.29, 1.82) is 0 Å². The second-order valence-corrected chi connectivity index (χ2v) is 15.7. The molecule has 4 fully saturated rings. The van der Waals surface area contributed by atoms with Crippen LogP contribution in [0.2, 0.25) is 0 Å². The molecule has 4 N–H and O–H groups in total. The van der Waals surface area contributed by atoms with Gasteiger partial charge in [0.25, 0.3) is 21.9 Å². The Kier molecular flexibility index (Phi) is 8.07. The van der Waals surface area contributed by atoms with Gasteiger partial charge < -0.3 is 25.2 Å². The molecule has 1 aromatic heterocycles. The minimum Gasteiger partial charge on any atom is -0.361 e. The Morgan fingerprint density at radius 1 is 1.20 bits per heavy atom. The van der Waals surface area contributed by atoms with Crippen LogP contribution in [-0.2, 0) is 35.7 Å². The van der Waals surface area contributed by atoms with Crippen molar-refractivity contribution in [3.05, 3.63) is 35.5 Å². The van der Waals surface area contributed by atoms with Crippen LogP contribution in [0.4, 0.5) is 0 Å². The Morgan fingerprint density at radius 2 is 1.89 bits per heavy atom. The van der Waals surface area contributed by atoms with E-state index in [1.165, 1.54) is 21.4 Å². The monoisotopic (exact) mass is 659 g/mol. The van der Waals surface area contributed by atoms with Crippen LogP contribution in [0, 0.1) is 17.8 Å². The van der Waals surface area contributed by atoms with E-state index in [1.54, 1.807) is 4.90 Å². The molecule has 13 nitrogen and oxygen atoms in total. The first-order valence-corrected chi connectivity index (χ1v) is 17.9. The van der Waals surface area contributed by atoms with Crippen LogP contribution in [0.15, 0.2) is 24.4 Å². The first kappa shape index (κ1) is 32.9. The number of aliphatic hydroxyl groups is 1. The summed E-state index contributed by atoms with van der Waals surface area (Å²) in [6, 6.07) is 5.10. The summed E-state index contributed by atoms with van der Waals surface area (Å²) in [7, 11) is -1.60. The number of rotatable bonds is 4. The van der Waals surface area contributed by atoms with Crippen LogP contribution in [0.5, 0.6) is 0 Å². The highest BCUT2D eigenvalue weighted by molar-refractivity contribution is 7.85. The van der Waals surface area contributed by atoms with E-state index in [-0.39, 0.29) is 35.6 Å². The molecule has 1 aromatic carbocycles. The van der Waals surface area contributed by atoms with Crippen molar-refractivity contribution in [2.45, 2.75) is 89.1 Å². The van der Waals surface area contributed by atoms with Crippen molar-refractivity contribution in [3.63, 3.8) is 0 Å². The Balaban J connectivity index is 0.000000692. The standard InChI is InChI=1S/C31H41N5O5.CH4O3S/c1-16(2)26-28(38)35-11-7-10-24(35)31(40)36(26)29(39)30(41-31,17(3)4)33-27(37)19-12-21-20-8-6-9-22-25(20)18(14-32-22)13-23(21)34(5)15-19;1-5(2,3)4/h6,8-9,14,16-17,19,21,23-24,26,32,40H,7,10-13,15H2,1-5H3,(H,33,37);1H3,(H,2,3,4)/t19-,21?,23-,24+,26+,30-,31+;/m1./s1. The summed E-state index contributed by atoms with van der Waals surface area (Å²) in [5.74, 6) is -3.87. The zero-order valence-corrected chi connectivity index (χ0v) is 28.0. The van der Waals surface area contributed by atoms with E-state index in [1.807, 2.05) is 27.7 Å². The van der Waals surface area contributed by atoms with E-state index in [0.29, 0.717) is 32.2 Å². The smallest absolute Gasteiger partial charge is 0.281 e. The first-order valence-electron chi connectivity index (χ1n) is 16.1. The number of hydrogen-bond acceptors (Lipinski definition) is 8. The number of nitrogens with zero attached hydrogens (tertiary/aromatic N) is 3. The molecule has 4 aliphatic heterocycles. The number of hydrogen-bond donors (Lipinski definition) is 4. The number of likely N-dealkylation sites (N-methyl/N-ethyl adjacent to an activating group) is 1. The van der Waals surface area contributed by atoms with Crippen molar-refractivity contribution in [2.75, 3.05) is 26.4 Å². The van der Waals surface area contributed by atoms with Crippen LogP contribution in [0.3, 0.4) is 0 Å². The summed E-state index contributed by atoms with van der Waals surface area (Å²) in [5.41, 5.74) is 1.93. The van der Waals surface area contributed by atoms with Gasteiger partial charge in [0.2, 0.25) is 17.5 Å². The molecule has 0 radical (unpaired) electrons. The third-order valence-corrected chi connectivity index (χ3v) is 10.5. The van der Waals surface area contributed by atoms with Gasteiger partial charge in [-0.05, 0) is 55.8 Å². The molecule has 0 bridgehead atoms. The summed E-state index contributed by atoms with van der Waals surface area (Å²) in [6.45, 7) is 8.45. The zero-order valence-electron chi connectivity index (χ0n) is 27.2. The number of nitrogens with one attached hydrogen (secondary N) is 2. The average Bonchev–Trinajstić information content (AvgIpc) is 3.67. The molecule has 0 spiro atoms. The fourth-order valence-electron chi connectivity index (χ4n) is 8.50. The van der Waals surface area contributed by atoms with Crippen molar-refractivity contribution in [1.82, 2.24) is 25.0 Å². The number of piperazine rings is 1. The zero-order chi connectivity index (χ0) is 33.5. The van der Waals surface area contributed by atoms with Gasteiger partial charge in [0.05, 0.1) is 12.2 Å². The van der Waals surface area contributed by atoms with Crippen LogP contribution in [0.1, 0.15) is 64.0 Å². The van der Waals surface area contributed by atoms with Crippen LogP contribution >= 0.6 is 0 Å². The van der Waals surface area contributed by atoms with Crippen LogP contribution < -0.4 is 5.32 Å². The number of carbonyl (C=O) groups is 3. The quantitative estimate of drug-likeness (QED) is 0.356. The fraction of sp³-hybridized carbons (Fsp3) is 0.656. The van der Waals surface area contributed by atoms with Gasteiger partial charge in [-0.1, -0.05) is 39.8 Å². The van der Waals surface area contributed by atoms with Gasteiger partial charge in [-0.2, -0.15) is 8.42 Å². The number of piperidine rings is 1. The molecule has 5 heterocycles. The highest BCUT2D eigenvalue weighted by Gasteiger charge is 2.72. The maximum Gasteiger partial charge on any atom is 0.281 e. The van der Waals surface area contributed by atoms with Crippen molar-refractivity contribution >= 4 is 38.7 Å². The molecular formula is C32H45N5O8S. The Bertz CT molecular complexity index is 1670. The molecular weight excluding hydrogens is 614 g/mol. The number of aromatic nitrogens is 1. The maximum atomic E-state index is 14.3. The van der Waals surface area contributed by atoms with Gasteiger partial charge in [-0.3, -0.25) is 28.6 Å². The normalized spacial score (nSPS) is 34.0. The van der Waals surface area contributed by atoms with Gasteiger partial charge in [-0.15, -0.1) is 0 Å². The summed E-state index contributed by atoms with van der Waals surface area (Å²) in [6.07, 6.45) is 5.66. The molecule has 46 heavy (non-hydrogen) atoms. The lowest BCUT2D eigenvalue weighted by atomic mass is 9.72. The third-order valence-electron chi connectivity index (χ3n) is 10.5. The molecule has 0 saturated carbocycles. The van der Waals surface area contributed by atoms with Gasteiger partial charge in [-0.25, -0.2) is 0 Å². The van der Waals surface area contributed by atoms with Gasteiger partial charge >= 0.3 is 0 Å². The Labute approximate surface area is 269 Å². The first-order chi connectivity index (χ1) is 21.5. The highest BCUT2D eigenvalue weighted by atomic mass is 32.2. The number of likely N-dealkylation sites (tertiary alicyclic amines) is 1. The lowest BCUT2D eigenvalue weighted by Gasteiger charge is -2.49. The van der Waals surface area contributed by atoms with Crippen molar-refractivity contribution in [2.24, 2.45) is 17.8 Å². The third kappa shape index (κ3) is 5.13. The second kappa shape index (κ2) is 11.3. The molecule has 1 aliphatic carbocycles. The lowest BCUT2D eigenvalue weighted by molar-refractivity contribution is -0.323. The lowest BCUT2D eigenvalue weighted by Crippen LogP contribution is -2.72. The molecule has 7 atom stereocenters. The molecule has 3 amide bonds. The van der Waals surface area contributed by atoms with Crippen molar-refractivity contribution in [3.8, 4) is 0 Å². The van der Waals surface area contributed by atoms with E-state index in [9.17, 15) is 27.9 Å². The predicted molar refractivity (Wildman–Crippen MR) is 169 cm³/mol. The number of amides is 3. The molecule has 4 saturated heterocycles. The highest BCUT2D eigenvalue weighted by Crippen LogP contribution is 2.49. The Hall–Kier alpha value is -3.04. The minimum absolute atomic E-state index is 0.162. The number of aromatic amines is 1. The van der Waals surface area contributed by atoms with Gasteiger partial charge in [0, 0.05) is 48.1 Å². The molecule has 14 heteroatoms. The molecule has 5 aliphatic rings. The molecule has 252 valence electrons. The minimum atomic E-state index is -3.67. The van der Waals surface area contributed by atoms with Crippen LogP contribution in [-0.4, -0.2) is 112 Å². The second-order valence-electron chi connectivity index (χ2n) is 14.3. The van der Waals surface area contributed by atoms with Crippen molar-refractivity contribution < 1.29 is 37.2 Å². The van der Waals surface area contributed by atoms with E-state index < -0.39 is 45.7 Å². The number of ether oxygens (including phenoxy) is 1. The molecule has 2 aromatic rings. The molecule has 7 rings (SSSR count). The van der Waals surface area contributed by atoms with E-state index >= 15 is 0 Å². The number of fused-ring (bicyclic) bond motifs is 5. The predicted octanol–water partition coefficient (Wildman–Crippen LogP) is 1.63. The topological polar surface area (TPSA) is 173 Å². The van der Waals surface area contributed by atoms with E-state index in [2.05, 4.69) is 46.6 Å². The van der Waals surface area contributed by atoms with Crippen LogP contribution in [0.25, 0.3) is 10.9 Å². The number of benzene rings is 1. The average molecular weight is 660 g/mol. The van der Waals surface area contributed by atoms with E-state index in [4.69, 9.17) is 9.29 Å². The summed E-state index contributed by atoms with van der Waals surface area (Å²) < 4.78 is 32.3. The number of H-pyrrole nitrogens is 1. The summed E-state index contributed by atoms with van der Waals surface area (Å²) in [5, 5.41) is 16.4. The summed E-state index contributed by atoms with van der Waals surface area (Å²) in [4.78, 5) is 50.6. The fourth-order valence-corrected chi connectivity index (χ4v) is 8.50. The SMILES string of the molecule is CC(C)[C@H]1C(=O)N2CCC[C@H]2[C@]2(O)O[C@](NC(=O)[C@@H]3CC4c5cccc6[nH]cc(c56)C[C@H]4N(C)C3)(C(C)C)C(=O)N12.CS(=O)(=O)O. The van der Waals surface area contributed by atoms with Gasteiger partial charge in [0.15, 0.2) is 0 Å². The maximum absolute atomic E-state index is 14.3.